The molecule has 0 spiro atoms. The number of alkyl halides is 2. The van der Waals surface area contributed by atoms with Crippen molar-refractivity contribution in [2.75, 3.05) is 30.6 Å². The minimum atomic E-state index is -3.69. The molecule has 0 amide bonds. The van der Waals surface area contributed by atoms with E-state index in [1.165, 1.54) is 34.9 Å². The number of benzene rings is 1. The van der Waals surface area contributed by atoms with Crippen LogP contribution in [0.15, 0.2) is 45.7 Å². The van der Waals surface area contributed by atoms with Gasteiger partial charge < -0.3 is 10.7 Å². The van der Waals surface area contributed by atoms with Gasteiger partial charge in [-0.05, 0) is 24.3 Å². The number of nitrogens with one attached hydrogen (secondary N) is 1. The highest BCUT2D eigenvalue weighted by atomic mass is 35.5. The third-order valence-corrected chi connectivity index (χ3v) is 5.96. The highest BCUT2D eigenvalue weighted by Crippen LogP contribution is 2.23. The SMILES string of the molecule is Nc1ncnc2nc(N=Nc3ccc(S(=O)(=O)N(CCCl)CCCl)cc3)[nH]c12. The third-order valence-electron chi connectivity index (χ3n) is 3.71. The van der Waals surface area contributed by atoms with Crippen molar-refractivity contribution in [1.29, 1.82) is 0 Å². The lowest BCUT2D eigenvalue weighted by atomic mass is 10.3. The average molecular weight is 443 g/mol. The normalized spacial score (nSPS) is 12.4. The van der Waals surface area contributed by atoms with Crippen LogP contribution in [0.4, 0.5) is 17.5 Å². The minimum absolute atomic E-state index is 0.119. The van der Waals surface area contributed by atoms with Crippen molar-refractivity contribution in [3.05, 3.63) is 30.6 Å². The fourth-order valence-corrected chi connectivity index (χ4v) is 4.41. The Morgan fingerprint density at radius 1 is 1.07 bits per heavy atom. The summed E-state index contributed by atoms with van der Waals surface area (Å²) in [4.78, 5) is 15.0. The molecule has 13 heteroatoms. The average Bonchev–Trinajstić information content (AvgIpc) is 3.11. The quantitative estimate of drug-likeness (QED) is 0.405. The van der Waals surface area contributed by atoms with Crippen LogP contribution < -0.4 is 5.73 Å². The van der Waals surface area contributed by atoms with E-state index in [0.29, 0.717) is 16.9 Å². The van der Waals surface area contributed by atoms with Crippen LogP contribution in [0.1, 0.15) is 0 Å². The number of rotatable bonds is 8. The zero-order valence-corrected chi connectivity index (χ0v) is 16.8. The standard InChI is InChI=1S/C15H16Cl2N8O2S/c16-5-7-25(8-6-17)28(26,27)11-3-1-10(2-4-11)23-24-15-21-12-13(18)19-9-20-14(12)22-15/h1-4,9H,5-8H2,(H3,18,19,20,21,22). The molecule has 0 unspecified atom stereocenters. The van der Waals surface area contributed by atoms with Crippen molar-refractivity contribution in [2.24, 2.45) is 10.2 Å². The fraction of sp³-hybridized carbons (Fsp3) is 0.267. The molecule has 0 aliphatic carbocycles. The maximum Gasteiger partial charge on any atom is 0.249 e. The Labute approximate surface area is 170 Å². The molecule has 0 radical (unpaired) electrons. The number of aromatic amines is 1. The molecular formula is C15H16Cl2N8O2S. The van der Waals surface area contributed by atoms with E-state index >= 15 is 0 Å². The van der Waals surface area contributed by atoms with E-state index in [1.807, 2.05) is 0 Å². The number of sulfonamides is 1. The molecule has 0 saturated carbocycles. The molecule has 0 saturated heterocycles. The molecule has 10 nitrogen and oxygen atoms in total. The summed E-state index contributed by atoms with van der Waals surface area (Å²) in [5.41, 5.74) is 7.02. The molecule has 0 aliphatic rings. The number of hydrogen-bond acceptors (Lipinski definition) is 8. The van der Waals surface area contributed by atoms with Crippen LogP contribution in [0.3, 0.4) is 0 Å². The number of nitrogens with two attached hydrogens (primary N) is 1. The predicted molar refractivity (Wildman–Crippen MR) is 107 cm³/mol. The molecular weight excluding hydrogens is 427 g/mol. The Balaban J connectivity index is 1.79. The van der Waals surface area contributed by atoms with Crippen LogP contribution in [-0.4, -0.2) is 57.5 Å². The van der Waals surface area contributed by atoms with Crippen LogP contribution >= 0.6 is 23.2 Å². The monoisotopic (exact) mass is 442 g/mol. The molecule has 0 atom stereocenters. The van der Waals surface area contributed by atoms with E-state index in [-0.39, 0.29) is 41.5 Å². The second kappa shape index (κ2) is 8.78. The summed E-state index contributed by atoms with van der Waals surface area (Å²) in [7, 11) is -3.69. The van der Waals surface area contributed by atoms with Crippen LogP contribution in [0.25, 0.3) is 11.2 Å². The predicted octanol–water partition coefficient (Wildman–Crippen LogP) is 2.82. The van der Waals surface area contributed by atoms with Crippen LogP contribution in [0.2, 0.25) is 0 Å². The zero-order chi connectivity index (χ0) is 20.1. The van der Waals surface area contributed by atoms with Crippen molar-refractivity contribution in [3.63, 3.8) is 0 Å². The molecule has 1 aromatic carbocycles. The summed E-state index contributed by atoms with van der Waals surface area (Å²) in [5.74, 6) is 0.810. The van der Waals surface area contributed by atoms with E-state index in [9.17, 15) is 8.42 Å². The molecule has 0 bridgehead atoms. The summed E-state index contributed by atoms with van der Waals surface area (Å²) in [5, 5.41) is 8.01. The Morgan fingerprint density at radius 3 is 2.36 bits per heavy atom. The van der Waals surface area contributed by atoms with E-state index in [1.54, 1.807) is 0 Å². The number of anilines is 1. The van der Waals surface area contributed by atoms with Gasteiger partial charge >= 0.3 is 0 Å². The second-order valence-corrected chi connectivity index (χ2v) is 8.19. The van der Waals surface area contributed by atoms with E-state index in [0.717, 1.165) is 0 Å². The van der Waals surface area contributed by atoms with E-state index in [4.69, 9.17) is 28.9 Å². The Morgan fingerprint density at radius 2 is 1.75 bits per heavy atom. The lowest BCUT2D eigenvalue weighted by Crippen LogP contribution is -2.34. The Hall–Kier alpha value is -2.34. The van der Waals surface area contributed by atoms with Crippen LogP contribution in [0, 0.1) is 0 Å². The van der Waals surface area contributed by atoms with Gasteiger partial charge in [-0.2, -0.15) is 9.29 Å². The highest BCUT2D eigenvalue weighted by Gasteiger charge is 2.23. The molecule has 3 rings (SSSR count). The molecule has 148 valence electrons. The van der Waals surface area contributed by atoms with Crippen LogP contribution in [0.5, 0.6) is 0 Å². The first-order valence-corrected chi connectivity index (χ1v) is 10.6. The van der Waals surface area contributed by atoms with Crippen molar-refractivity contribution < 1.29 is 8.42 Å². The fourth-order valence-electron chi connectivity index (χ4n) is 2.36. The maximum atomic E-state index is 12.6. The topological polar surface area (TPSA) is 143 Å². The van der Waals surface area contributed by atoms with Gasteiger partial charge in [0.15, 0.2) is 11.5 Å². The Kier molecular flexibility index (Phi) is 6.39. The van der Waals surface area contributed by atoms with Gasteiger partial charge in [-0.1, -0.05) is 0 Å². The minimum Gasteiger partial charge on any atom is -0.382 e. The van der Waals surface area contributed by atoms with Crippen molar-refractivity contribution >= 4 is 61.8 Å². The summed E-state index contributed by atoms with van der Waals surface area (Å²) in [6.45, 7) is 0.353. The summed E-state index contributed by atoms with van der Waals surface area (Å²) >= 11 is 11.4. The van der Waals surface area contributed by atoms with Gasteiger partial charge in [0.2, 0.25) is 16.0 Å². The number of azo groups is 1. The number of imidazole rings is 1. The van der Waals surface area contributed by atoms with Crippen LogP contribution in [-0.2, 0) is 10.0 Å². The second-order valence-electron chi connectivity index (χ2n) is 5.49. The molecule has 0 fully saturated rings. The maximum absolute atomic E-state index is 12.6. The summed E-state index contributed by atoms with van der Waals surface area (Å²) in [6.07, 6.45) is 1.30. The van der Waals surface area contributed by atoms with Gasteiger partial charge in [-0.25, -0.2) is 18.4 Å². The molecule has 2 aromatic heterocycles. The van der Waals surface area contributed by atoms with Crippen molar-refractivity contribution in [3.8, 4) is 0 Å². The highest BCUT2D eigenvalue weighted by molar-refractivity contribution is 7.89. The summed E-state index contributed by atoms with van der Waals surface area (Å²) in [6, 6.07) is 5.96. The third kappa shape index (κ3) is 4.38. The lowest BCUT2D eigenvalue weighted by Gasteiger charge is -2.20. The zero-order valence-electron chi connectivity index (χ0n) is 14.5. The lowest BCUT2D eigenvalue weighted by molar-refractivity contribution is 0.448. The summed E-state index contributed by atoms with van der Waals surface area (Å²) < 4.78 is 26.5. The number of halogens is 2. The molecule has 28 heavy (non-hydrogen) atoms. The number of nitrogens with zero attached hydrogens (tertiary/aromatic N) is 6. The number of H-pyrrole nitrogens is 1. The van der Waals surface area contributed by atoms with Crippen molar-refractivity contribution in [2.45, 2.75) is 4.90 Å². The number of nitrogen functional groups attached to an aromatic ring is 1. The molecule has 3 aromatic rings. The van der Waals surface area contributed by atoms with Gasteiger partial charge in [0.05, 0.1) is 10.6 Å². The van der Waals surface area contributed by atoms with Gasteiger partial charge in [0, 0.05) is 24.8 Å². The largest absolute Gasteiger partial charge is 0.382 e. The smallest absolute Gasteiger partial charge is 0.249 e. The number of aromatic nitrogens is 4. The Bertz CT molecular complexity index is 1080. The van der Waals surface area contributed by atoms with Crippen molar-refractivity contribution in [1.82, 2.24) is 24.2 Å². The number of fused-ring (bicyclic) bond motifs is 1. The van der Waals surface area contributed by atoms with Gasteiger partial charge in [0.25, 0.3) is 0 Å². The first-order valence-electron chi connectivity index (χ1n) is 8.06. The van der Waals surface area contributed by atoms with Gasteiger partial charge in [-0.3, -0.25) is 0 Å². The molecule has 3 N–H and O–H groups in total. The van der Waals surface area contributed by atoms with E-state index < -0.39 is 10.0 Å². The first-order chi connectivity index (χ1) is 13.5. The number of hydrogen-bond donors (Lipinski definition) is 2. The van der Waals surface area contributed by atoms with E-state index in [2.05, 4.69) is 30.2 Å². The van der Waals surface area contributed by atoms with Gasteiger partial charge in [0.1, 0.15) is 11.8 Å². The first kappa shape index (κ1) is 20.4. The van der Waals surface area contributed by atoms with Gasteiger partial charge in [-0.15, -0.1) is 33.4 Å². The molecule has 2 heterocycles. The molecule has 0 aliphatic heterocycles.